The Morgan fingerprint density at radius 3 is 3.10 bits per heavy atom. The summed E-state index contributed by atoms with van der Waals surface area (Å²) in [4.78, 5) is 7.23. The number of rotatable bonds is 3. The van der Waals surface area contributed by atoms with Gasteiger partial charge in [0.15, 0.2) is 0 Å². The van der Waals surface area contributed by atoms with Gasteiger partial charge in [-0.3, -0.25) is 9.58 Å². The molecule has 1 fully saturated rings. The van der Waals surface area contributed by atoms with Gasteiger partial charge in [-0.2, -0.15) is 5.10 Å². The van der Waals surface area contributed by atoms with E-state index in [-0.39, 0.29) is 0 Å². The highest BCUT2D eigenvalue weighted by molar-refractivity contribution is 5.12. The molecule has 2 aromatic heterocycles. The van der Waals surface area contributed by atoms with Gasteiger partial charge in [0.25, 0.3) is 0 Å². The summed E-state index contributed by atoms with van der Waals surface area (Å²) in [5, 5.41) is 4.29. The van der Waals surface area contributed by atoms with Gasteiger partial charge in [-0.15, -0.1) is 0 Å². The maximum atomic E-state index is 5.54. The number of hydrogen-bond acceptors (Lipinski definition) is 4. The number of nitrogens with zero attached hydrogens (tertiary/aromatic N) is 5. The van der Waals surface area contributed by atoms with E-state index in [4.69, 9.17) is 4.74 Å². The van der Waals surface area contributed by atoms with E-state index in [1.807, 2.05) is 29.3 Å². The molecule has 6 heteroatoms. The maximum Gasteiger partial charge on any atom is 0.126 e. The number of ether oxygens (including phenoxy) is 1. The van der Waals surface area contributed by atoms with Gasteiger partial charge in [0.1, 0.15) is 5.82 Å². The molecule has 4 heterocycles. The lowest BCUT2D eigenvalue weighted by atomic mass is 10.1. The topological polar surface area (TPSA) is 48.1 Å². The van der Waals surface area contributed by atoms with Crippen molar-refractivity contribution in [3.8, 4) is 0 Å². The van der Waals surface area contributed by atoms with Crippen LogP contribution in [-0.2, 0) is 17.8 Å². The second-order valence-electron chi connectivity index (χ2n) is 5.89. The molecule has 2 aliphatic heterocycles. The second kappa shape index (κ2) is 5.27. The van der Waals surface area contributed by atoms with Crippen molar-refractivity contribution < 1.29 is 4.74 Å². The lowest BCUT2D eigenvalue weighted by Gasteiger charge is -2.37. The van der Waals surface area contributed by atoms with Crippen LogP contribution in [0.4, 0.5) is 0 Å². The quantitative estimate of drug-likeness (QED) is 0.853. The molecule has 2 atom stereocenters. The molecular formula is C15H21N5O. The molecular weight excluding hydrogens is 266 g/mol. The minimum Gasteiger partial charge on any atom is -0.380 e. The molecule has 0 amide bonds. The van der Waals surface area contributed by atoms with Gasteiger partial charge < -0.3 is 9.30 Å². The summed E-state index contributed by atoms with van der Waals surface area (Å²) >= 11 is 0. The predicted molar refractivity (Wildman–Crippen MR) is 77.9 cm³/mol. The van der Waals surface area contributed by atoms with E-state index >= 15 is 0 Å². The zero-order valence-corrected chi connectivity index (χ0v) is 12.4. The van der Waals surface area contributed by atoms with E-state index in [9.17, 15) is 0 Å². The van der Waals surface area contributed by atoms with E-state index < -0.39 is 0 Å². The molecule has 6 nitrogen and oxygen atoms in total. The summed E-state index contributed by atoms with van der Waals surface area (Å²) in [6, 6.07) is 2.87. The molecule has 1 saturated heterocycles. The molecule has 0 N–H and O–H groups in total. The van der Waals surface area contributed by atoms with Gasteiger partial charge in [-0.1, -0.05) is 0 Å². The minimum atomic E-state index is 0.358. The third-order valence-electron chi connectivity index (χ3n) is 4.68. The summed E-state index contributed by atoms with van der Waals surface area (Å²) in [6.07, 6.45) is 6.96. The van der Waals surface area contributed by atoms with E-state index in [0.717, 1.165) is 39.3 Å². The van der Waals surface area contributed by atoms with Crippen LogP contribution in [0.2, 0.25) is 0 Å². The maximum absolute atomic E-state index is 5.54. The van der Waals surface area contributed by atoms with E-state index in [2.05, 4.69) is 26.5 Å². The Morgan fingerprint density at radius 2 is 2.33 bits per heavy atom. The fourth-order valence-corrected chi connectivity index (χ4v) is 3.54. The standard InChI is InChI=1S/C15H21N5O/c1-12-15-16-9-14(10-18-5-2-4-17-18)20(15)7-6-19(12)13-3-8-21-11-13/h2,4-5,9,12-13H,3,6-8,10-11H2,1H3/t12-,13+/m0/s1. The molecule has 0 radical (unpaired) electrons. The first-order valence-electron chi connectivity index (χ1n) is 7.68. The van der Waals surface area contributed by atoms with Gasteiger partial charge in [0.2, 0.25) is 0 Å². The Labute approximate surface area is 124 Å². The first-order valence-corrected chi connectivity index (χ1v) is 7.68. The molecule has 0 spiro atoms. The summed E-state index contributed by atoms with van der Waals surface area (Å²) in [7, 11) is 0. The third kappa shape index (κ3) is 2.28. The van der Waals surface area contributed by atoms with Crippen LogP contribution in [0.25, 0.3) is 0 Å². The first kappa shape index (κ1) is 13.0. The van der Waals surface area contributed by atoms with Crippen LogP contribution in [0, 0.1) is 0 Å². The molecule has 2 aromatic rings. The van der Waals surface area contributed by atoms with Gasteiger partial charge in [-0.05, 0) is 19.4 Å². The number of aromatic nitrogens is 4. The summed E-state index contributed by atoms with van der Waals surface area (Å²) in [5.74, 6) is 1.18. The monoisotopic (exact) mass is 287 g/mol. The van der Waals surface area contributed by atoms with Gasteiger partial charge in [0.05, 0.1) is 31.1 Å². The van der Waals surface area contributed by atoms with Gasteiger partial charge in [0, 0.05) is 38.1 Å². The molecule has 2 aliphatic rings. The Kier molecular flexibility index (Phi) is 3.27. The van der Waals surface area contributed by atoms with Gasteiger partial charge >= 0.3 is 0 Å². The van der Waals surface area contributed by atoms with Crippen molar-refractivity contribution >= 4 is 0 Å². The van der Waals surface area contributed by atoms with Crippen molar-refractivity contribution in [3.05, 3.63) is 36.2 Å². The van der Waals surface area contributed by atoms with E-state index in [1.54, 1.807) is 0 Å². The molecule has 0 aliphatic carbocycles. The lowest BCUT2D eigenvalue weighted by molar-refractivity contribution is 0.0897. The fraction of sp³-hybridized carbons (Fsp3) is 0.600. The average Bonchev–Trinajstić information content (AvgIpc) is 3.21. The largest absolute Gasteiger partial charge is 0.380 e. The number of imidazole rings is 1. The first-order chi connectivity index (χ1) is 10.3. The number of hydrogen-bond donors (Lipinski definition) is 0. The molecule has 21 heavy (non-hydrogen) atoms. The number of fused-ring (bicyclic) bond motifs is 1. The molecule has 0 aromatic carbocycles. The van der Waals surface area contributed by atoms with E-state index in [1.165, 1.54) is 11.5 Å². The average molecular weight is 287 g/mol. The zero-order chi connectivity index (χ0) is 14.2. The Balaban J connectivity index is 1.56. The summed E-state index contributed by atoms with van der Waals surface area (Å²) in [6.45, 7) is 6.89. The molecule has 0 saturated carbocycles. The van der Waals surface area contributed by atoms with Crippen molar-refractivity contribution in [2.24, 2.45) is 0 Å². The molecule has 112 valence electrons. The third-order valence-corrected chi connectivity index (χ3v) is 4.68. The highest BCUT2D eigenvalue weighted by Gasteiger charge is 2.33. The molecule has 4 rings (SSSR count). The fourth-order valence-electron chi connectivity index (χ4n) is 3.54. The highest BCUT2D eigenvalue weighted by Crippen LogP contribution is 2.29. The van der Waals surface area contributed by atoms with Crippen molar-refractivity contribution in [2.45, 2.75) is 38.5 Å². The highest BCUT2D eigenvalue weighted by atomic mass is 16.5. The summed E-state index contributed by atoms with van der Waals surface area (Å²) in [5.41, 5.74) is 1.24. The van der Waals surface area contributed by atoms with Crippen LogP contribution in [0.15, 0.2) is 24.7 Å². The molecule has 0 bridgehead atoms. The summed E-state index contributed by atoms with van der Waals surface area (Å²) < 4.78 is 9.85. The van der Waals surface area contributed by atoms with Crippen LogP contribution >= 0.6 is 0 Å². The molecule has 0 unspecified atom stereocenters. The lowest BCUT2D eigenvalue weighted by Crippen LogP contribution is -2.44. The van der Waals surface area contributed by atoms with Crippen LogP contribution in [0.5, 0.6) is 0 Å². The predicted octanol–water partition coefficient (Wildman–Crippen LogP) is 1.29. The smallest absolute Gasteiger partial charge is 0.126 e. The Bertz CT molecular complexity index is 600. The van der Waals surface area contributed by atoms with Crippen LogP contribution in [-0.4, -0.2) is 50.0 Å². The second-order valence-corrected chi connectivity index (χ2v) is 5.89. The van der Waals surface area contributed by atoms with E-state index in [0.29, 0.717) is 12.1 Å². The Hall–Kier alpha value is -1.66. The van der Waals surface area contributed by atoms with Crippen LogP contribution in [0.3, 0.4) is 0 Å². The normalized spacial score (nSPS) is 26.1. The SMILES string of the molecule is C[C@H]1c2ncc(Cn3cccn3)n2CCN1[C@@H]1CCOC1. The zero-order valence-electron chi connectivity index (χ0n) is 12.4. The van der Waals surface area contributed by atoms with Crippen molar-refractivity contribution in [2.75, 3.05) is 19.8 Å². The van der Waals surface area contributed by atoms with Crippen molar-refractivity contribution in [1.29, 1.82) is 0 Å². The Morgan fingerprint density at radius 1 is 1.38 bits per heavy atom. The van der Waals surface area contributed by atoms with Crippen LogP contribution in [0.1, 0.15) is 30.9 Å². The minimum absolute atomic E-state index is 0.358. The van der Waals surface area contributed by atoms with Crippen LogP contribution < -0.4 is 0 Å². The van der Waals surface area contributed by atoms with Crippen molar-refractivity contribution in [1.82, 2.24) is 24.2 Å². The van der Waals surface area contributed by atoms with Gasteiger partial charge in [-0.25, -0.2) is 4.98 Å². The van der Waals surface area contributed by atoms with Crippen molar-refractivity contribution in [3.63, 3.8) is 0 Å².